The van der Waals surface area contributed by atoms with Gasteiger partial charge in [0.15, 0.2) is 0 Å². The number of hydrogen-bond donors (Lipinski definition) is 3. The monoisotopic (exact) mass is 868 g/mol. The molecule has 3 N–H and O–H groups in total. The van der Waals surface area contributed by atoms with Crippen LogP contribution in [0.1, 0.15) is 0 Å². The van der Waals surface area contributed by atoms with Crippen molar-refractivity contribution in [3.05, 3.63) is 273 Å². The lowest BCUT2D eigenvalue weighted by Crippen LogP contribution is -2.20. The Morgan fingerprint density at radius 2 is 0.246 bits per heavy atom. The first-order valence-corrected chi connectivity index (χ1v) is 25.0. The van der Waals surface area contributed by atoms with Gasteiger partial charge in [0, 0.05) is 0 Å². The first kappa shape index (κ1) is 45.1. The van der Waals surface area contributed by atoms with Gasteiger partial charge < -0.3 is 14.7 Å². The summed E-state index contributed by atoms with van der Waals surface area (Å²) in [6.07, 6.45) is 0. The van der Waals surface area contributed by atoms with Gasteiger partial charge in [-0.25, -0.2) is 0 Å². The molecule has 0 aliphatic rings. The highest BCUT2D eigenvalue weighted by Crippen LogP contribution is 2.34. The van der Waals surface area contributed by atoms with Crippen LogP contribution in [0.3, 0.4) is 0 Å². The smallest absolute Gasteiger partial charge is 0.324 e. The van der Waals surface area contributed by atoms with Crippen molar-refractivity contribution in [3.8, 4) is 0 Å². The number of rotatable bonds is 9. The molecule has 0 bridgehead atoms. The van der Waals surface area contributed by atoms with E-state index in [9.17, 15) is 0 Å². The van der Waals surface area contributed by atoms with Crippen molar-refractivity contribution in [2.24, 2.45) is 0 Å². The predicted molar refractivity (Wildman–Crippen MR) is 269 cm³/mol. The summed E-state index contributed by atoms with van der Waals surface area (Å²) in [5.41, 5.74) is 0. The van der Waals surface area contributed by atoms with Gasteiger partial charge in [-0.1, -0.05) is 273 Å². The van der Waals surface area contributed by atoms with E-state index in [0.717, 1.165) is 0 Å². The standard InChI is InChI=1S/3C18H15P.H3O3P/c3*1-4-10-16(11-5-1)19(17-12-6-2-7-13-17)18-14-8-3-9-15-18;1-4(2)3/h3*1-15H;1-3H. The molecular formula is C54H48O3P4. The highest BCUT2D eigenvalue weighted by Gasteiger charge is 2.17. The van der Waals surface area contributed by atoms with Crippen LogP contribution < -0.4 is 47.7 Å². The molecule has 9 aromatic carbocycles. The summed E-state index contributed by atoms with van der Waals surface area (Å²) in [6.45, 7) is 0. The second-order valence-corrected chi connectivity index (χ2v) is 20.5. The van der Waals surface area contributed by atoms with Crippen LogP contribution in [0.25, 0.3) is 0 Å². The highest BCUT2D eigenvalue weighted by atomic mass is 31.2. The van der Waals surface area contributed by atoms with Gasteiger partial charge in [-0.2, -0.15) is 0 Å². The van der Waals surface area contributed by atoms with Crippen LogP contribution in [0.2, 0.25) is 0 Å². The molecule has 302 valence electrons. The van der Waals surface area contributed by atoms with Crippen LogP contribution in [-0.2, 0) is 0 Å². The lowest BCUT2D eigenvalue weighted by Gasteiger charge is -2.18. The lowest BCUT2D eigenvalue weighted by molar-refractivity contribution is 0.368. The van der Waals surface area contributed by atoms with Crippen molar-refractivity contribution in [1.82, 2.24) is 0 Å². The maximum Gasteiger partial charge on any atom is 0.324 e. The number of hydrogen-bond acceptors (Lipinski definition) is 3. The molecule has 0 aromatic heterocycles. The van der Waals surface area contributed by atoms with E-state index >= 15 is 0 Å². The van der Waals surface area contributed by atoms with Gasteiger partial charge in [0.05, 0.1) is 0 Å². The molecule has 0 amide bonds. The quantitative estimate of drug-likeness (QED) is 0.127. The molecule has 0 aliphatic carbocycles. The second-order valence-electron chi connectivity index (χ2n) is 13.3. The van der Waals surface area contributed by atoms with E-state index in [0.29, 0.717) is 0 Å². The average molecular weight is 869 g/mol. The van der Waals surface area contributed by atoms with E-state index in [1.54, 1.807) is 0 Å². The molecule has 0 saturated carbocycles. The van der Waals surface area contributed by atoms with Gasteiger partial charge in [-0.3, -0.25) is 0 Å². The minimum Gasteiger partial charge on any atom is -0.328 e. The Morgan fingerprint density at radius 1 is 0.164 bits per heavy atom. The summed E-state index contributed by atoms with van der Waals surface area (Å²) < 4.78 is 0. The Bertz CT molecular complexity index is 1920. The topological polar surface area (TPSA) is 60.7 Å². The molecular weight excluding hydrogens is 820 g/mol. The molecule has 9 aromatic rings. The van der Waals surface area contributed by atoms with Crippen LogP contribution in [-0.4, -0.2) is 14.7 Å². The first-order valence-electron chi connectivity index (χ1n) is 19.8. The SMILES string of the molecule is OP(O)O.c1ccc(P(c2ccccc2)c2ccccc2)cc1.c1ccc(P(c2ccccc2)c2ccccc2)cc1.c1ccc(P(c2ccccc2)c2ccccc2)cc1. The van der Waals surface area contributed by atoms with Crippen LogP contribution in [0, 0.1) is 0 Å². The maximum absolute atomic E-state index is 7.23. The fourth-order valence-corrected chi connectivity index (χ4v) is 13.5. The molecule has 0 aliphatic heterocycles. The summed E-state index contributed by atoms with van der Waals surface area (Å²) in [7, 11) is -3.96. The highest BCUT2D eigenvalue weighted by molar-refractivity contribution is 7.80. The van der Waals surface area contributed by atoms with Crippen molar-refractivity contribution < 1.29 is 14.7 Å². The Labute approximate surface area is 366 Å². The third kappa shape index (κ3) is 14.3. The van der Waals surface area contributed by atoms with Crippen molar-refractivity contribution >= 4 is 80.1 Å². The fourth-order valence-electron chi connectivity index (χ4n) is 6.54. The molecule has 0 spiro atoms. The molecule has 0 radical (unpaired) electrons. The summed E-state index contributed by atoms with van der Waals surface area (Å²) in [4.78, 5) is 21.7. The minimum atomic E-state index is -2.62. The van der Waals surface area contributed by atoms with E-state index in [2.05, 4.69) is 273 Å². The van der Waals surface area contributed by atoms with Crippen molar-refractivity contribution in [2.75, 3.05) is 0 Å². The third-order valence-corrected chi connectivity index (χ3v) is 16.5. The molecule has 0 saturated heterocycles. The predicted octanol–water partition coefficient (Wildman–Crippen LogP) is 9.52. The van der Waals surface area contributed by atoms with Crippen LogP contribution >= 0.6 is 32.4 Å². The fraction of sp³-hybridized carbons (Fsp3) is 0. The van der Waals surface area contributed by atoms with Crippen LogP contribution in [0.5, 0.6) is 0 Å². The molecule has 9 rings (SSSR count). The Kier molecular flexibility index (Phi) is 18.8. The van der Waals surface area contributed by atoms with Crippen molar-refractivity contribution in [1.29, 1.82) is 0 Å². The van der Waals surface area contributed by atoms with Gasteiger partial charge >= 0.3 is 8.60 Å². The molecule has 61 heavy (non-hydrogen) atoms. The second kappa shape index (κ2) is 25.4. The molecule has 3 nitrogen and oxygen atoms in total. The largest absolute Gasteiger partial charge is 0.328 e. The molecule has 0 unspecified atom stereocenters. The van der Waals surface area contributed by atoms with E-state index < -0.39 is 32.4 Å². The Morgan fingerprint density at radius 3 is 0.328 bits per heavy atom. The molecule has 7 heteroatoms. The molecule has 0 heterocycles. The Hall–Kier alpha value is -5.42. The zero-order valence-corrected chi connectivity index (χ0v) is 37.2. The van der Waals surface area contributed by atoms with Crippen LogP contribution in [0.4, 0.5) is 0 Å². The summed E-state index contributed by atoms with van der Waals surface area (Å²) in [5.74, 6) is 0. The van der Waals surface area contributed by atoms with E-state index in [1.165, 1.54) is 47.7 Å². The first-order chi connectivity index (χ1) is 30.1. The van der Waals surface area contributed by atoms with E-state index in [1.807, 2.05) is 0 Å². The average Bonchev–Trinajstić information content (AvgIpc) is 3.33. The van der Waals surface area contributed by atoms with Gasteiger partial charge in [0.25, 0.3) is 0 Å². The van der Waals surface area contributed by atoms with Gasteiger partial charge in [-0.15, -0.1) is 0 Å². The van der Waals surface area contributed by atoms with E-state index in [4.69, 9.17) is 14.7 Å². The Balaban J connectivity index is 0.000000146. The van der Waals surface area contributed by atoms with Gasteiger partial charge in [0.2, 0.25) is 0 Å². The molecule has 0 fully saturated rings. The van der Waals surface area contributed by atoms with Crippen molar-refractivity contribution in [3.63, 3.8) is 0 Å². The lowest BCUT2D eigenvalue weighted by atomic mass is 10.4. The van der Waals surface area contributed by atoms with Gasteiger partial charge in [-0.05, 0) is 71.5 Å². The minimum absolute atomic E-state index is 0.446. The van der Waals surface area contributed by atoms with E-state index in [-0.39, 0.29) is 0 Å². The summed E-state index contributed by atoms with van der Waals surface area (Å²) in [5, 5.41) is 12.6. The van der Waals surface area contributed by atoms with Crippen molar-refractivity contribution in [2.45, 2.75) is 0 Å². The summed E-state index contributed by atoms with van der Waals surface area (Å²) >= 11 is 0. The van der Waals surface area contributed by atoms with Crippen LogP contribution in [0.15, 0.2) is 273 Å². The zero-order valence-electron chi connectivity index (χ0n) is 33.6. The number of benzene rings is 9. The normalized spacial score (nSPS) is 10.5. The van der Waals surface area contributed by atoms with Gasteiger partial charge in [0.1, 0.15) is 0 Å². The zero-order chi connectivity index (χ0) is 42.3. The molecule has 0 atom stereocenters. The maximum atomic E-state index is 7.23. The third-order valence-electron chi connectivity index (χ3n) is 9.13. The summed E-state index contributed by atoms with van der Waals surface area (Å²) in [6, 6.07) is 97.0.